The van der Waals surface area contributed by atoms with Crippen LogP contribution >= 0.6 is 11.3 Å². The summed E-state index contributed by atoms with van der Waals surface area (Å²) < 4.78 is 2.08. The monoisotopic (exact) mass is 250 g/mol. The van der Waals surface area contributed by atoms with E-state index < -0.39 is 0 Å². The van der Waals surface area contributed by atoms with Crippen molar-refractivity contribution >= 4 is 16.3 Å². The van der Waals surface area contributed by atoms with Crippen molar-refractivity contribution in [3.8, 4) is 0 Å². The van der Waals surface area contributed by atoms with Gasteiger partial charge in [-0.1, -0.05) is 0 Å². The van der Waals surface area contributed by atoms with Crippen LogP contribution < -0.4 is 5.32 Å². The fraction of sp³-hybridized carbons (Fsp3) is 0.583. The van der Waals surface area contributed by atoms with Gasteiger partial charge in [-0.3, -0.25) is 4.40 Å². The lowest BCUT2D eigenvalue weighted by Gasteiger charge is -2.15. The van der Waals surface area contributed by atoms with Crippen molar-refractivity contribution in [1.29, 1.82) is 0 Å². The van der Waals surface area contributed by atoms with Crippen LogP contribution in [0.1, 0.15) is 18.5 Å². The first-order chi connectivity index (χ1) is 8.33. The molecule has 5 heteroatoms. The Morgan fingerprint density at radius 3 is 3.24 bits per heavy atom. The van der Waals surface area contributed by atoms with Gasteiger partial charge in [0.05, 0.1) is 5.69 Å². The maximum Gasteiger partial charge on any atom is 0.193 e. The lowest BCUT2D eigenvalue weighted by Crippen LogP contribution is -2.30. The van der Waals surface area contributed by atoms with Gasteiger partial charge in [0, 0.05) is 43.4 Å². The zero-order valence-electron chi connectivity index (χ0n) is 10.1. The minimum Gasteiger partial charge on any atom is -0.310 e. The molecule has 2 heterocycles. The summed E-state index contributed by atoms with van der Waals surface area (Å²) in [6, 6.07) is 0.856. The van der Waals surface area contributed by atoms with Gasteiger partial charge in [-0.05, 0) is 19.9 Å². The minimum atomic E-state index is 0.856. The molecule has 4 nitrogen and oxygen atoms in total. The van der Waals surface area contributed by atoms with Crippen LogP contribution in [0.15, 0.2) is 17.8 Å². The molecule has 0 amide bonds. The third-order valence-electron chi connectivity index (χ3n) is 3.26. The summed E-state index contributed by atoms with van der Waals surface area (Å²) in [5.41, 5.74) is 1.13. The summed E-state index contributed by atoms with van der Waals surface area (Å²) in [5, 5.41) is 5.51. The number of imidazole rings is 1. The Labute approximate surface area is 105 Å². The Kier molecular flexibility index (Phi) is 3.13. The number of fused-ring (bicyclic) bond motifs is 1. The molecule has 1 saturated carbocycles. The van der Waals surface area contributed by atoms with Crippen LogP contribution in [0.2, 0.25) is 0 Å². The molecule has 1 aliphatic carbocycles. The fourth-order valence-electron chi connectivity index (χ4n) is 2.03. The van der Waals surface area contributed by atoms with Gasteiger partial charge < -0.3 is 10.2 Å². The smallest absolute Gasteiger partial charge is 0.193 e. The predicted molar refractivity (Wildman–Crippen MR) is 70.4 cm³/mol. The highest BCUT2D eigenvalue weighted by atomic mass is 32.1. The predicted octanol–water partition coefficient (Wildman–Crippen LogP) is 1.58. The van der Waals surface area contributed by atoms with Crippen LogP contribution in [0.5, 0.6) is 0 Å². The summed E-state index contributed by atoms with van der Waals surface area (Å²) in [4.78, 5) is 8.07. The summed E-state index contributed by atoms with van der Waals surface area (Å²) >= 11 is 1.68. The van der Waals surface area contributed by atoms with E-state index >= 15 is 0 Å². The van der Waals surface area contributed by atoms with Crippen molar-refractivity contribution in [2.45, 2.75) is 25.4 Å². The van der Waals surface area contributed by atoms with Gasteiger partial charge in [0.2, 0.25) is 0 Å². The van der Waals surface area contributed by atoms with E-state index in [1.807, 2.05) is 0 Å². The number of nitrogens with one attached hydrogen (secondary N) is 1. The van der Waals surface area contributed by atoms with Crippen molar-refractivity contribution < 1.29 is 0 Å². The maximum atomic E-state index is 4.54. The Morgan fingerprint density at radius 2 is 2.47 bits per heavy atom. The number of likely N-dealkylation sites (N-methyl/N-ethyl adjacent to an activating group) is 1. The summed E-state index contributed by atoms with van der Waals surface area (Å²) in [6.07, 6.45) is 6.92. The molecule has 0 atom stereocenters. The van der Waals surface area contributed by atoms with E-state index in [1.165, 1.54) is 12.8 Å². The molecular formula is C12H18N4S. The molecule has 1 fully saturated rings. The molecule has 0 spiro atoms. The van der Waals surface area contributed by atoms with Crippen LogP contribution in [0.4, 0.5) is 0 Å². The van der Waals surface area contributed by atoms with Crippen molar-refractivity contribution in [1.82, 2.24) is 19.6 Å². The number of thiazole rings is 1. The number of hydrogen-bond acceptors (Lipinski definition) is 4. The molecule has 0 aliphatic heterocycles. The molecule has 0 aromatic carbocycles. The van der Waals surface area contributed by atoms with Crippen molar-refractivity contribution in [2.75, 3.05) is 20.1 Å². The standard InChI is InChI=1S/C12H18N4S/c1-15(11-2-3-11)5-4-13-8-10-9-16-6-7-17-12(16)14-10/h6-7,9,11,13H,2-5,8H2,1H3. The molecule has 1 aliphatic rings. The molecule has 17 heavy (non-hydrogen) atoms. The van der Waals surface area contributed by atoms with Gasteiger partial charge in [0.1, 0.15) is 0 Å². The van der Waals surface area contributed by atoms with Crippen molar-refractivity contribution in [2.24, 2.45) is 0 Å². The average Bonchev–Trinajstić information content (AvgIpc) is 2.96. The Morgan fingerprint density at radius 1 is 1.59 bits per heavy atom. The number of rotatable bonds is 6. The fourth-order valence-corrected chi connectivity index (χ4v) is 2.75. The number of hydrogen-bond donors (Lipinski definition) is 1. The SMILES string of the molecule is CN(CCNCc1cn2ccsc2n1)C1CC1. The maximum absolute atomic E-state index is 4.54. The number of aromatic nitrogens is 2. The van der Waals surface area contributed by atoms with E-state index in [2.05, 4.69) is 44.4 Å². The highest BCUT2D eigenvalue weighted by molar-refractivity contribution is 7.15. The van der Waals surface area contributed by atoms with E-state index in [1.54, 1.807) is 11.3 Å². The van der Waals surface area contributed by atoms with Crippen LogP contribution in [-0.2, 0) is 6.54 Å². The van der Waals surface area contributed by atoms with Crippen LogP contribution in [0.3, 0.4) is 0 Å². The van der Waals surface area contributed by atoms with Crippen molar-refractivity contribution in [3.63, 3.8) is 0 Å². The van der Waals surface area contributed by atoms with Crippen molar-refractivity contribution in [3.05, 3.63) is 23.5 Å². The first kappa shape index (κ1) is 11.2. The number of nitrogens with zero attached hydrogens (tertiary/aromatic N) is 3. The van der Waals surface area contributed by atoms with E-state index in [0.29, 0.717) is 0 Å². The second-order valence-electron chi connectivity index (χ2n) is 4.71. The zero-order chi connectivity index (χ0) is 11.7. The first-order valence-electron chi connectivity index (χ1n) is 6.15. The largest absolute Gasteiger partial charge is 0.310 e. The molecule has 0 unspecified atom stereocenters. The average molecular weight is 250 g/mol. The topological polar surface area (TPSA) is 32.6 Å². The minimum absolute atomic E-state index is 0.856. The van der Waals surface area contributed by atoms with Gasteiger partial charge in [0.25, 0.3) is 0 Å². The van der Waals surface area contributed by atoms with E-state index in [0.717, 1.165) is 36.3 Å². The highest BCUT2D eigenvalue weighted by Gasteiger charge is 2.25. The second-order valence-corrected chi connectivity index (χ2v) is 5.59. The normalized spacial score (nSPS) is 16.1. The highest BCUT2D eigenvalue weighted by Crippen LogP contribution is 2.24. The Bertz CT molecular complexity index is 457. The van der Waals surface area contributed by atoms with Crippen LogP contribution in [0.25, 0.3) is 4.96 Å². The lowest BCUT2D eigenvalue weighted by atomic mass is 10.4. The van der Waals surface area contributed by atoms with Crippen LogP contribution in [-0.4, -0.2) is 40.5 Å². The van der Waals surface area contributed by atoms with Gasteiger partial charge in [-0.2, -0.15) is 0 Å². The third kappa shape index (κ3) is 2.68. The summed E-state index contributed by atoms with van der Waals surface area (Å²) in [6.45, 7) is 3.04. The van der Waals surface area contributed by atoms with E-state index in [4.69, 9.17) is 0 Å². The second kappa shape index (κ2) is 4.76. The Hall–Kier alpha value is -0.910. The van der Waals surface area contributed by atoms with Crippen LogP contribution in [0, 0.1) is 0 Å². The summed E-state index contributed by atoms with van der Waals surface area (Å²) in [7, 11) is 2.21. The molecule has 92 valence electrons. The quantitative estimate of drug-likeness (QED) is 0.790. The molecule has 0 saturated heterocycles. The van der Waals surface area contributed by atoms with Gasteiger partial charge in [-0.25, -0.2) is 4.98 Å². The zero-order valence-corrected chi connectivity index (χ0v) is 10.9. The molecular weight excluding hydrogens is 232 g/mol. The molecule has 0 radical (unpaired) electrons. The molecule has 2 aromatic rings. The van der Waals surface area contributed by atoms with Gasteiger partial charge in [-0.15, -0.1) is 11.3 Å². The third-order valence-corrected chi connectivity index (χ3v) is 4.03. The molecule has 1 N–H and O–H groups in total. The summed E-state index contributed by atoms with van der Waals surface area (Å²) in [5.74, 6) is 0. The first-order valence-corrected chi connectivity index (χ1v) is 7.03. The molecule has 0 bridgehead atoms. The van der Waals surface area contributed by atoms with E-state index in [9.17, 15) is 0 Å². The van der Waals surface area contributed by atoms with Gasteiger partial charge >= 0.3 is 0 Å². The molecule has 3 rings (SSSR count). The van der Waals surface area contributed by atoms with E-state index in [-0.39, 0.29) is 0 Å². The Balaban J connectivity index is 1.43. The lowest BCUT2D eigenvalue weighted by molar-refractivity contribution is 0.321. The van der Waals surface area contributed by atoms with Gasteiger partial charge in [0.15, 0.2) is 4.96 Å². The molecule has 2 aromatic heterocycles.